The third-order valence-corrected chi connectivity index (χ3v) is 2.60. The molecule has 0 amide bonds. The van der Waals surface area contributed by atoms with E-state index in [2.05, 4.69) is 20.9 Å². The van der Waals surface area contributed by atoms with Gasteiger partial charge in [0, 0.05) is 6.07 Å². The van der Waals surface area contributed by atoms with E-state index in [1.165, 1.54) is 0 Å². The number of pyridine rings is 1. The van der Waals surface area contributed by atoms with E-state index in [0.717, 1.165) is 16.7 Å². The Morgan fingerprint density at radius 2 is 2.14 bits per heavy atom. The zero-order chi connectivity index (χ0) is 10.1. The fourth-order valence-electron chi connectivity index (χ4n) is 1.28. The molecule has 1 aromatic carbocycles. The number of hydrogen-bond acceptors (Lipinski definition) is 2. The number of H-pyrrole nitrogens is 1. The van der Waals surface area contributed by atoms with Crippen LogP contribution < -0.4 is 10.3 Å². The minimum absolute atomic E-state index is 0.134. The zero-order valence-electron chi connectivity index (χ0n) is 7.50. The highest BCUT2D eigenvalue weighted by molar-refractivity contribution is 9.10. The van der Waals surface area contributed by atoms with E-state index in [1.54, 1.807) is 19.2 Å². The van der Waals surface area contributed by atoms with E-state index in [0.29, 0.717) is 4.47 Å². The minimum Gasteiger partial charge on any atom is -0.497 e. The number of benzene rings is 1. The molecule has 0 unspecified atom stereocenters. The number of methoxy groups -OCH3 is 1. The van der Waals surface area contributed by atoms with E-state index in [4.69, 9.17) is 4.74 Å². The molecule has 1 aromatic heterocycles. The number of fused-ring (bicyclic) bond motifs is 1. The van der Waals surface area contributed by atoms with E-state index in [-0.39, 0.29) is 5.56 Å². The average Bonchev–Trinajstić information content (AvgIpc) is 2.19. The Kier molecular flexibility index (Phi) is 2.29. The molecule has 0 atom stereocenters. The van der Waals surface area contributed by atoms with Gasteiger partial charge in [-0.3, -0.25) is 4.79 Å². The van der Waals surface area contributed by atoms with Crippen LogP contribution in [0, 0.1) is 0 Å². The molecule has 72 valence electrons. The van der Waals surface area contributed by atoms with Crippen molar-refractivity contribution in [3.8, 4) is 5.75 Å². The first kappa shape index (κ1) is 9.27. The van der Waals surface area contributed by atoms with Crippen molar-refractivity contribution in [2.75, 3.05) is 7.11 Å². The summed E-state index contributed by atoms with van der Waals surface area (Å²) in [6.07, 6.45) is 0. The van der Waals surface area contributed by atoms with Crippen molar-refractivity contribution in [2.45, 2.75) is 0 Å². The van der Waals surface area contributed by atoms with Crippen LogP contribution in [0.5, 0.6) is 5.75 Å². The fraction of sp³-hybridized carbons (Fsp3) is 0.100. The van der Waals surface area contributed by atoms with Crippen molar-refractivity contribution in [2.24, 2.45) is 0 Å². The van der Waals surface area contributed by atoms with Crippen LogP contribution in [-0.4, -0.2) is 12.1 Å². The summed E-state index contributed by atoms with van der Waals surface area (Å²) in [5.74, 6) is 0.732. The Balaban J connectivity index is 2.77. The second-order valence-electron chi connectivity index (χ2n) is 2.90. The molecule has 1 heterocycles. The Hall–Kier alpha value is -1.29. The summed E-state index contributed by atoms with van der Waals surface area (Å²) in [5, 5.41) is 0.970. The fourth-order valence-corrected chi connectivity index (χ4v) is 1.63. The summed E-state index contributed by atoms with van der Waals surface area (Å²) >= 11 is 3.18. The Morgan fingerprint density at radius 3 is 2.86 bits per heavy atom. The maximum Gasteiger partial charge on any atom is 0.262 e. The lowest BCUT2D eigenvalue weighted by atomic mass is 10.2. The number of halogens is 1. The van der Waals surface area contributed by atoms with Crippen LogP contribution in [-0.2, 0) is 0 Å². The van der Waals surface area contributed by atoms with Crippen LogP contribution in [0.25, 0.3) is 10.9 Å². The van der Waals surface area contributed by atoms with Crippen molar-refractivity contribution in [3.05, 3.63) is 39.1 Å². The van der Waals surface area contributed by atoms with Gasteiger partial charge in [-0.25, -0.2) is 0 Å². The number of hydrogen-bond donors (Lipinski definition) is 1. The first-order chi connectivity index (χ1) is 6.70. The van der Waals surface area contributed by atoms with Gasteiger partial charge in [0.15, 0.2) is 0 Å². The predicted molar refractivity (Wildman–Crippen MR) is 58.8 cm³/mol. The molecule has 0 radical (unpaired) electrons. The first-order valence-electron chi connectivity index (χ1n) is 4.07. The third-order valence-electron chi connectivity index (χ3n) is 2.01. The second kappa shape index (κ2) is 3.46. The van der Waals surface area contributed by atoms with Crippen LogP contribution in [0.2, 0.25) is 0 Å². The molecule has 2 rings (SSSR count). The summed E-state index contributed by atoms with van der Waals surface area (Å²) in [4.78, 5) is 14.0. The van der Waals surface area contributed by atoms with Crippen LogP contribution in [0.3, 0.4) is 0 Å². The van der Waals surface area contributed by atoms with Gasteiger partial charge >= 0.3 is 0 Å². The van der Waals surface area contributed by atoms with Crippen molar-refractivity contribution in [1.29, 1.82) is 0 Å². The first-order valence-corrected chi connectivity index (χ1v) is 4.86. The summed E-state index contributed by atoms with van der Waals surface area (Å²) in [7, 11) is 1.60. The molecule has 2 aromatic rings. The van der Waals surface area contributed by atoms with Gasteiger partial charge < -0.3 is 9.72 Å². The largest absolute Gasteiger partial charge is 0.497 e. The van der Waals surface area contributed by atoms with E-state index >= 15 is 0 Å². The Bertz CT molecular complexity index is 533. The Morgan fingerprint density at radius 1 is 1.36 bits per heavy atom. The van der Waals surface area contributed by atoms with Gasteiger partial charge in [0.25, 0.3) is 5.56 Å². The number of ether oxygens (including phenoxy) is 1. The van der Waals surface area contributed by atoms with Gasteiger partial charge in [-0.15, -0.1) is 0 Å². The molecule has 0 aliphatic carbocycles. The monoisotopic (exact) mass is 253 g/mol. The van der Waals surface area contributed by atoms with E-state index in [9.17, 15) is 4.79 Å². The Labute approximate surface area is 88.8 Å². The van der Waals surface area contributed by atoms with Crippen LogP contribution >= 0.6 is 15.9 Å². The van der Waals surface area contributed by atoms with Gasteiger partial charge in [-0.2, -0.15) is 0 Å². The lowest BCUT2D eigenvalue weighted by Crippen LogP contribution is -2.05. The van der Waals surface area contributed by atoms with Crippen molar-refractivity contribution < 1.29 is 4.74 Å². The van der Waals surface area contributed by atoms with E-state index < -0.39 is 0 Å². The molecule has 4 heteroatoms. The molecule has 0 fully saturated rings. The molecular weight excluding hydrogens is 246 g/mol. The topological polar surface area (TPSA) is 42.1 Å². The zero-order valence-corrected chi connectivity index (χ0v) is 9.09. The summed E-state index contributed by atoms with van der Waals surface area (Å²) < 4.78 is 5.60. The summed E-state index contributed by atoms with van der Waals surface area (Å²) in [6, 6.07) is 7.33. The maximum atomic E-state index is 11.3. The molecule has 0 aliphatic rings. The third kappa shape index (κ3) is 1.53. The number of nitrogens with one attached hydrogen (secondary N) is 1. The second-order valence-corrected chi connectivity index (χ2v) is 3.75. The molecule has 0 saturated carbocycles. The van der Waals surface area contributed by atoms with Gasteiger partial charge in [0.1, 0.15) is 5.75 Å². The molecule has 0 aliphatic heterocycles. The maximum absolute atomic E-state index is 11.3. The predicted octanol–water partition coefficient (Wildman–Crippen LogP) is 2.30. The van der Waals surface area contributed by atoms with Crippen LogP contribution in [0.1, 0.15) is 0 Å². The quantitative estimate of drug-likeness (QED) is 0.848. The number of aromatic nitrogens is 1. The molecule has 0 bridgehead atoms. The SMILES string of the molecule is COc1ccc2cc(Br)c(=O)[nH]c2c1. The number of rotatable bonds is 1. The van der Waals surface area contributed by atoms with Crippen molar-refractivity contribution in [1.82, 2.24) is 4.98 Å². The minimum atomic E-state index is -0.134. The van der Waals surface area contributed by atoms with Gasteiger partial charge in [-0.1, -0.05) is 0 Å². The molecule has 0 saturated heterocycles. The van der Waals surface area contributed by atoms with E-state index in [1.807, 2.05) is 12.1 Å². The van der Waals surface area contributed by atoms with Gasteiger partial charge in [-0.05, 0) is 39.5 Å². The highest BCUT2D eigenvalue weighted by Gasteiger charge is 2.00. The number of aromatic amines is 1. The normalized spacial score (nSPS) is 10.4. The lowest BCUT2D eigenvalue weighted by molar-refractivity contribution is 0.415. The lowest BCUT2D eigenvalue weighted by Gasteiger charge is -2.02. The average molecular weight is 254 g/mol. The van der Waals surface area contributed by atoms with Crippen molar-refractivity contribution >= 4 is 26.8 Å². The molecule has 14 heavy (non-hydrogen) atoms. The van der Waals surface area contributed by atoms with Crippen LogP contribution in [0.4, 0.5) is 0 Å². The van der Waals surface area contributed by atoms with Gasteiger partial charge in [0.05, 0.1) is 17.1 Å². The smallest absolute Gasteiger partial charge is 0.262 e. The molecule has 3 nitrogen and oxygen atoms in total. The molecular formula is C10H8BrNO2. The van der Waals surface area contributed by atoms with Crippen LogP contribution in [0.15, 0.2) is 33.5 Å². The molecule has 1 N–H and O–H groups in total. The summed E-state index contributed by atoms with van der Waals surface area (Å²) in [5.41, 5.74) is 0.642. The summed E-state index contributed by atoms with van der Waals surface area (Å²) in [6.45, 7) is 0. The highest BCUT2D eigenvalue weighted by Crippen LogP contribution is 2.19. The molecule has 0 spiro atoms. The van der Waals surface area contributed by atoms with Gasteiger partial charge in [0.2, 0.25) is 0 Å². The highest BCUT2D eigenvalue weighted by atomic mass is 79.9. The van der Waals surface area contributed by atoms with Crippen molar-refractivity contribution in [3.63, 3.8) is 0 Å². The standard InChI is InChI=1S/C10H8BrNO2/c1-14-7-3-2-6-4-8(11)10(13)12-9(6)5-7/h2-5H,1H3,(H,12,13).